The van der Waals surface area contributed by atoms with E-state index >= 15 is 0 Å². The maximum Gasteiger partial charge on any atom is 0.294 e. The van der Waals surface area contributed by atoms with Crippen LogP contribution in [0, 0.1) is 5.41 Å². The number of nitrogen functional groups attached to an aromatic ring is 2. The summed E-state index contributed by atoms with van der Waals surface area (Å²) >= 11 is 0. The lowest BCUT2D eigenvalue weighted by Crippen LogP contribution is -2.35. The van der Waals surface area contributed by atoms with E-state index in [1.54, 1.807) is 36.5 Å². The second-order valence-corrected chi connectivity index (χ2v) is 10.9. The summed E-state index contributed by atoms with van der Waals surface area (Å²) in [6, 6.07) is 23.0. The van der Waals surface area contributed by atoms with Crippen LogP contribution in [0.15, 0.2) is 83.8 Å². The van der Waals surface area contributed by atoms with Crippen LogP contribution in [0.2, 0.25) is 0 Å². The van der Waals surface area contributed by atoms with Crippen LogP contribution in [-0.4, -0.2) is 33.9 Å². The van der Waals surface area contributed by atoms with E-state index in [1.807, 2.05) is 44.2 Å². The minimum Gasteiger partial charge on any atom is -0.399 e. The van der Waals surface area contributed by atoms with Crippen molar-refractivity contribution in [1.82, 2.24) is 14.9 Å². The molecule has 0 saturated carbocycles. The third kappa shape index (κ3) is 8.45. The Hall–Kier alpha value is -5.12. The first-order valence-corrected chi connectivity index (χ1v) is 14.4. The summed E-state index contributed by atoms with van der Waals surface area (Å²) < 4.78 is 1.42. The van der Waals surface area contributed by atoms with Crippen molar-refractivity contribution in [3.8, 4) is 11.3 Å². The average molecular weight is 581 g/mol. The number of carbonyl (C=O) groups is 1. The molecule has 1 atom stereocenters. The van der Waals surface area contributed by atoms with Gasteiger partial charge < -0.3 is 27.4 Å². The van der Waals surface area contributed by atoms with Gasteiger partial charge in [0.25, 0.3) is 5.56 Å². The predicted octanol–water partition coefficient (Wildman–Crippen LogP) is 4.52. The van der Waals surface area contributed by atoms with Gasteiger partial charge in [0, 0.05) is 41.6 Å². The van der Waals surface area contributed by atoms with Gasteiger partial charge in [-0.15, -0.1) is 0 Å². The monoisotopic (exact) mass is 580 g/mol. The molecule has 1 amide bonds. The molecule has 8 N–H and O–H groups in total. The Bertz CT molecular complexity index is 1610. The molecule has 4 rings (SSSR count). The number of nitrogens with one attached hydrogen (secondary N) is 4. The van der Waals surface area contributed by atoms with E-state index in [4.69, 9.17) is 16.9 Å². The molecule has 224 valence electrons. The van der Waals surface area contributed by atoms with Gasteiger partial charge in [-0.05, 0) is 55.5 Å². The average Bonchev–Trinajstić information content (AvgIpc) is 2.98. The fraction of sp³-hybridized carbons (Fsp3) is 0.273. The maximum atomic E-state index is 13.5. The van der Waals surface area contributed by atoms with Crippen LogP contribution >= 0.6 is 0 Å². The highest BCUT2D eigenvalue weighted by atomic mass is 16.2. The normalized spacial score (nSPS) is 11.6. The van der Waals surface area contributed by atoms with Crippen molar-refractivity contribution in [2.45, 2.75) is 52.2 Å². The highest BCUT2D eigenvalue weighted by Gasteiger charge is 2.17. The minimum atomic E-state index is -0.402. The summed E-state index contributed by atoms with van der Waals surface area (Å²) in [7, 11) is 0. The summed E-state index contributed by atoms with van der Waals surface area (Å²) in [5, 5.41) is 16.9. The summed E-state index contributed by atoms with van der Waals surface area (Å²) in [4.78, 5) is 31.0. The molecule has 0 radical (unpaired) electrons. The summed E-state index contributed by atoms with van der Waals surface area (Å²) in [6.45, 7) is 6.82. The molecule has 0 spiro atoms. The third-order valence-corrected chi connectivity index (χ3v) is 7.06. The zero-order chi connectivity index (χ0) is 30.9. The Morgan fingerprint density at radius 2 is 1.74 bits per heavy atom. The number of nitrogens with zero attached hydrogens (tertiary/aromatic N) is 2. The molecule has 0 aliphatic heterocycles. The fourth-order valence-corrected chi connectivity index (χ4v) is 4.73. The highest BCUT2D eigenvalue weighted by molar-refractivity contribution is 5.94. The molecule has 3 aromatic carbocycles. The Morgan fingerprint density at radius 1 is 1.02 bits per heavy atom. The Kier molecular flexibility index (Phi) is 10.2. The van der Waals surface area contributed by atoms with Crippen molar-refractivity contribution in [3.63, 3.8) is 0 Å². The van der Waals surface area contributed by atoms with Crippen molar-refractivity contribution in [3.05, 3.63) is 106 Å². The SMILES string of the molecule is CC(C)Nc1ncc(-c2cc(N)cc(NCCC(C)c3ccccc3)c2)n(CC(=O)NCc2ccc(C(=N)N)cc2)c1=O. The number of nitrogens with two attached hydrogens (primary N) is 2. The van der Waals surface area contributed by atoms with Crippen LogP contribution in [0.4, 0.5) is 17.2 Å². The number of hydrogen-bond donors (Lipinski definition) is 6. The molecule has 0 bridgehead atoms. The summed E-state index contributed by atoms with van der Waals surface area (Å²) in [5.74, 6) is 0.198. The van der Waals surface area contributed by atoms with Crippen molar-refractivity contribution >= 4 is 28.9 Å². The highest BCUT2D eigenvalue weighted by Crippen LogP contribution is 2.26. The standard InChI is InChI=1S/C33H40N8O2/c1-21(2)40-32-33(43)41(20-30(42)38-18-23-9-11-25(12-10-23)31(35)36)29(19-39-32)26-15-27(34)17-28(16-26)37-14-13-22(3)24-7-5-4-6-8-24/h4-12,15-17,19,21-22,37H,13-14,18,20,34H2,1-3H3,(H3,35,36)(H,38,42)(H,39,40). The summed E-state index contributed by atoms with van der Waals surface area (Å²) in [6.07, 6.45) is 2.52. The lowest BCUT2D eigenvalue weighted by atomic mass is 9.98. The molecule has 1 aromatic heterocycles. The zero-order valence-electron chi connectivity index (χ0n) is 24.9. The molecule has 10 heteroatoms. The van der Waals surface area contributed by atoms with Gasteiger partial charge in [0.1, 0.15) is 12.4 Å². The Balaban J connectivity index is 1.54. The van der Waals surface area contributed by atoms with E-state index in [9.17, 15) is 9.59 Å². The predicted molar refractivity (Wildman–Crippen MR) is 174 cm³/mol. The molecule has 1 heterocycles. The van der Waals surface area contributed by atoms with E-state index in [0.29, 0.717) is 28.4 Å². The van der Waals surface area contributed by atoms with Crippen molar-refractivity contribution in [1.29, 1.82) is 5.41 Å². The van der Waals surface area contributed by atoms with E-state index in [0.717, 1.165) is 24.2 Å². The first-order chi connectivity index (χ1) is 20.6. The van der Waals surface area contributed by atoms with E-state index in [1.165, 1.54) is 10.1 Å². The van der Waals surface area contributed by atoms with Crippen LogP contribution in [0.3, 0.4) is 0 Å². The number of carbonyl (C=O) groups excluding carboxylic acids is 1. The van der Waals surface area contributed by atoms with E-state index < -0.39 is 5.56 Å². The number of benzene rings is 3. The van der Waals surface area contributed by atoms with Gasteiger partial charge in [-0.2, -0.15) is 0 Å². The van der Waals surface area contributed by atoms with E-state index in [-0.39, 0.29) is 36.7 Å². The van der Waals surface area contributed by atoms with Crippen molar-refractivity contribution in [2.75, 3.05) is 22.9 Å². The van der Waals surface area contributed by atoms with Crippen molar-refractivity contribution < 1.29 is 4.79 Å². The molecular weight excluding hydrogens is 540 g/mol. The number of hydrogen-bond acceptors (Lipinski definition) is 7. The molecule has 0 aliphatic rings. The Morgan fingerprint density at radius 3 is 2.42 bits per heavy atom. The molecule has 0 saturated heterocycles. The minimum absolute atomic E-state index is 0.0206. The van der Waals surface area contributed by atoms with Gasteiger partial charge in [-0.3, -0.25) is 19.6 Å². The van der Waals surface area contributed by atoms with Gasteiger partial charge in [-0.25, -0.2) is 4.98 Å². The third-order valence-electron chi connectivity index (χ3n) is 7.06. The fourth-order valence-electron chi connectivity index (χ4n) is 4.73. The van der Waals surface area contributed by atoms with Crippen LogP contribution < -0.4 is 33.0 Å². The summed E-state index contributed by atoms with van der Waals surface area (Å²) in [5.41, 5.74) is 16.6. The van der Waals surface area contributed by atoms with Gasteiger partial charge in [0.2, 0.25) is 5.91 Å². The number of amides is 1. The second kappa shape index (κ2) is 14.2. The number of rotatable bonds is 13. The van der Waals surface area contributed by atoms with E-state index in [2.05, 4.69) is 40.0 Å². The van der Waals surface area contributed by atoms with Gasteiger partial charge in [-0.1, -0.05) is 61.5 Å². The molecular formula is C33H40N8O2. The molecule has 4 aromatic rings. The van der Waals surface area contributed by atoms with Crippen LogP contribution in [-0.2, 0) is 17.9 Å². The van der Waals surface area contributed by atoms with Crippen LogP contribution in [0.25, 0.3) is 11.3 Å². The molecule has 0 fully saturated rings. The van der Waals surface area contributed by atoms with Gasteiger partial charge in [0.05, 0.1) is 11.9 Å². The van der Waals surface area contributed by atoms with Gasteiger partial charge >= 0.3 is 0 Å². The largest absolute Gasteiger partial charge is 0.399 e. The lowest BCUT2D eigenvalue weighted by molar-refractivity contribution is -0.121. The Labute approximate surface area is 252 Å². The quantitative estimate of drug-likeness (QED) is 0.0769. The topological polar surface area (TPSA) is 164 Å². The molecule has 0 aliphatic carbocycles. The number of aromatic nitrogens is 2. The van der Waals surface area contributed by atoms with Crippen LogP contribution in [0.5, 0.6) is 0 Å². The molecule has 1 unspecified atom stereocenters. The van der Waals surface area contributed by atoms with Gasteiger partial charge in [0.15, 0.2) is 5.82 Å². The second-order valence-electron chi connectivity index (χ2n) is 10.9. The maximum absolute atomic E-state index is 13.5. The number of amidine groups is 1. The van der Waals surface area contributed by atoms with Crippen molar-refractivity contribution in [2.24, 2.45) is 5.73 Å². The zero-order valence-corrected chi connectivity index (χ0v) is 24.9. The van der Waals surface area contributed by atoms with Crippen LogP contribution in [0.1, 0.15) is 49.8 Å². The first kappa shape index (κ1) is 30.8. The lowest BCUT2D eigenvalue weighted by Gasteiger charge is -2.18. The number of anilines is 3. The molecule has 10 nitrogen and oxygen atoms in total. The smallest absolute Gasteiger partial charge is 0.294 e. The molecule has 43 heavy (non-hydrogen) atoms. The first-order valence-electron chi connectivity index (χ1n) is 14.4.